The second-order valence-corrected chi connectivity index (χ2v) is 7.75. The normalized spacial score (nSPS) is 20.0. The zero-order valence-electron chi connectivity index (χ0n) is 13.7. The minimum Gasteiger partial charge on any atom is -0.481 e. The van der Waals surface area contributed by atoms with Crippen molar-refractivity contribution in [3.63, 3.8) is 0 Å². The minimum absolute atomic E-state index is 0.0376. The van der Waals surface area contributed by atoms with Crippen LogP contribution in [0, 0.1) is 0 Å². The maximum atomic E-state index is 12.9. The highest BCUT2D eigenvalue weighted by Gasteiger charge is 2.34. The number of carboxylic acids is 1. The number of thiophene rings is 1. The van der Waals surface area contributed by atoms with Gasteiger partial charge in [0, 0.05) is 18.0 Å². The zero-order chi connectivity index (χ0) is 17.6. The third kappa shape index (κ3) is 2.74. The van der Waals surface area contributed by atoms with E-state index in [-0.39, 0.29) is 18.0 Å². The Morgan fingerprint density at radius 2 is 2.04 bits per heavy atom. The van der Waals surface area contributed by atoms with Gasteiger partial charge >= 0.3 is 5.97 Å². The lowest BCUT2D eigenvalue weighted by molar-refractivity contribution is -0.138. The van der Waals surface area contributed by atoms with Crippen LogP contribution in [-0.2, 0) is 22.6 Å². The lowest BCUT2D eigenvalue weighted by Gasteiger charge is -2.26. The van der Waals surface area contributed by atoms with Gasteiger partial charge in [0.25, 0.3) is 5.56 Å². The molecule has 1 amide bonds. The summed E-state index contributed by atoms with van der Waals surface area (Å²) in [5.74, 6) is -1.63. The SMILES string of the molecule is O=C(O)C1CCc2sc3ncn(CC(=O)N4CCCCC4)c(=O)c3c21. The average molecular weight is 361 g/mol. The van der Waals surface area contributed by atoms with Crippen LogP contribution in [0.25, 0.3) is 10.2 Å². The Kier molecular flexibility index (Phi) is 4.07. The summed E-state index contributed by atoms with van der Waals surface area (Å²) < 4.78 is 1.32. The third-order valence-corrected chi connectivity index (χ3v) is 6.29. The van der Waals surface area contributed by atoms with Crippen LogP contribution in [0.3, 0.4) is 0 Å². The number of nitrogens with zero attached hydrogens (tertiary/aromatic N) is 3. The molecule has 1 unspecified atom stereocenters. The summed E-state index contributed by atoms with van der Waals surface area (Å²) in [5, 5.41) is 9.82. The Hall–Kier alpha value is -2.22. The number of hydrogen-bond acceptors (Lipinski definition) is 5. The molecule has 1 aliphatic carbocycles. The van der Waals surface area contributed by atoms with Gasteiger partial charge in [0.2, 0.25) is 5.91 Å². The number of likely N-dealkylation sites (tertiary alicyclic amines) is 1. The van der Waals surface area contributed by atoms with Gasteiger partial charge in [-0.3, -0.25) is 19.0 Å². The monoisotopic (exact) mass is 361 g/mol. The summed E-state index contributed by atoms with van der Waals surface area (Å²) in [4.78, 5) is 44.5. The van der Waals surface area contributed by atoms with Crippen molar-refractivity contribution < 1.29 is 14.7 Å². The number of piperidine rings is 1. The van der Waals surface area contributed by atoms with Crippen LogP contribution in [0.15, 0.2) is 11.1 Å². The van der Waals surface area contributed by atoms with E-state index in [0.29, 0.717) is 28.6 Å². The fraction of sp³-hybridized carbons (Fsp3) is 0.529. The third-order valence-electron chi connectivity index (χ3n) is 5.11. The predicted molar refractivity (Wildman–Crippen MR) is 93.0 cm³/mol. The molecule has 0 spiro atoms. The van der Waals surface area contributed by atoms with E-state index in [0.717, 1.165) is 37.2 Å². The topological polar surface area (TPSA) is 92.5 Å². The lowest BCUT2D eigenvalue weighted by atomic mass is 10.0. The Balaban J connectivity index is 1.70. The molecule has 0 saturated carbocycles. The summed E-state index contributed by atoms with van der Waals surface area (Å²) in [6.07, 6.45) is 5.72. The second-order valence-electron chi connectivity index (χ2n) is 6.67. The molecule has 3 heterocycles. The molecule has 7 nitrogen and oxygen atoms in total. The van der Waals surface area contributed by atoms with Crippen molar-refractivity contribution in [2.75, 3.05) is 13.1 Å². The van der Waals surface area contributed by atoms with Crippen LogP contribution in [0.1, 0.15) is 42.0 Å². The van der Waals surface area contributed by atoms with E-state index in [4.69, 9.17) is 0 Å². The summed E-state index contributed by atoms with van der Waals surface area (Å²) in [6.45, 7) is 1.43. The van der Waals surface area contributed by atoms with Crippen molar-refractivity contribution in [1.82, 2.24) is 14.5 Å². The molecule has 1 fully saturated rings. The Labute approximate surface area is 147 Å². The first-order valence-electron chi connectivity index (χ1n) is 8.57. The molecule has 0 radical (unpaired) electrons. The molecule has 25 heavy (non-hydrogen) atoms. The van der Waals surface area contributed by atoms with Crippen LogP contribution in [0.4, 0.5) is 0 Å². The molecule has 8 heteroatoms. The molecule has 1 atom stereocenters. The van der Waals surface area contributed by atoms with Gasteiger partial charge in [-0.05, 0) is 37.7 Å². The van der Waals surface area contributed by atoms with Crippen LogP contribution < -0.4 is 5.56 Å². The van der Waals surface area contributed by atoms with Crippen LogP contribution >= 0.6 is 11.3 Å². The molecule has 2 aliphatic rings. The number of fused-ring (bicyclic) bond motifs is 3. The summed E-state index contributed by atoms with van der Waals surface area (Å²) in [5.41, 5.74) is 0.311. The van der Waals surface area contributed by atoms with Crippen molar-refractivity contribution in [3.8, 4) is 0 Å². The van der Waals surface area contributed by atoms with Crippen LogP contribution in [-0.4, -0.2) is 44.5 Å². The summed E-state index contributed by atoms with van der Waals surface area (Å²) in [7, 11) is 0. The highest BCUT2D eigenvalue weighted by atomic mass is 32.1. The second kappa shape index (κ2) is 6.25. The number of carboxylic acid groups (broad SMARTS) is 1. The summed E-state index contributed by atoms with van der Waals surface area (Å²) >= 11 is 1.39. The highest BCUT2D eigenvalue weighted by Crippen LogP contribution is 2.41. The fourth-order valence-electron chi connectivity index (χ4n) is 3.82. The number of aryl methyl sites for hydroxylation is 1. The van der Waals surface area contributed by atoms with E-state index in [1.165, 1.54) is 22.2 Å². The first kappa shape index (κ1) is 16.3. The zero-order valence-corrected chi connectivity index (χ0v) is 14.5. The molecule has 0 bridgehead atoms. The molecule has 2 aromatic heterocycles. The lowest BCUT2D eigenvalue weighted by Crippen LogP contribution is -2.39. The number of rotatable bonds is 3. The van der Waals surface area contributed by atoms with Crippen LogP contribution in [0.2, 0.25) is 0 Å². The molecule has 2 aromatic rings. The van der Waals surface area contributed by atoms with Crippen molar-refractivity contribution >= 4 is 33.4 Å². The Morgan fingerprint density at radius 3 is 2.76 bits per heavy atom. The van der Waals surface area contributed by atoms with Gasteiger partial charge in [-0.15, -0.1) is 11.3 Å². The molecular weight excluding hydrogens is 342 g/mol. The average Bonchev–Trinajstić information content (AvgIpc) is 3.17. The maximum Gasteiger partial charge on any atom is 0.311 e. The van der Waals surface area contributed by atoms with Gasteiger partial charge in [-0.1, -0.05) is 0 Å². The predicted octanol–water partition coefficient (Wildman–Crippen LogP) is 1.58. The molecule has 1 N–H and O–H groups in total. The highest BCUT2D eigenvalue weighted by molar-refractivity contribution is 7.18. The number of hydrogen-bond donors (Lipinski definition) is 1. The molecular formula is C17H19N3O4S. The van der Waals surface area contributed by atoms with Crippen molar-refractivity contribution in [2.45, 2.75) is 44.6 Å². The Bertz CT molecular complexity index is 910. The van der Waals surface area contributed by atoms with Crippen molar-refractivity contribution in [1.29, 1.82) is 0 Å². The van der Waals surface area contributed by atoms with Gasteiger partial charge in [0.15, 0.2) is 0 Å². The van der Waals surface area contributed by atoms with E-state index in [9.17, 15) is 19.5 Å². The number of aliphatic carboxylic acids is 1. The maximum absolute atomic E-state index is 12.9. The van der Waals surface area contributed by atoms with Crippen LogP contribution in [0.5, 0.6) is 0 Å². The molecule has 132 valence electrons. The first-order chi connectivity index (χ1) is 12.1. The molecule has 1 saturated heterocycles. The van der Waals surface area contributed by atoms with Gasteiger partial charge in [0.05, 0.1) is 17.6 Å². The van der Waals surface area contributed by atoms with E-state index in [2.05, 4.69) is 4.98 Å². The number of amides is 1. The molecule has 0 aromatic carbocycles. The quantitative estimate of drug-likeness (QED) is 0.896. The summed E-state index contributed by atoms with van der Waals surface area (Å²) in [6, 6.07) is 0. The number of carbonyl (C=O) groups is 2. The molecule has 4 rings (SSSR count). The van der Waals surface area contributed by atoms with Crippen molar-refractivity contribution in [2.24, 2.45) is 0 Å². The standard InChI is InChI=1S/C17H19N3O4S/c21-12(19-6-2-1-3-7-19)8-20-9-18-15-14(16(20)22)13-10(17(23)24)4-5-11(13)25-15/h9-10H,1-8H2,(H,23,24). The minimum atomic E-state index is -0.905. The smallest absolute Gasteiger partial charge is 0.311 e. The van der Waals surface area contributed by atoms with Gasteiger partial charge < -0.3 is 10.0 Å². The van der Waals surface area contributed by atoms with E-state index in [1.807, 2.05) is 0 Å². The number of carbonyl (C=O) groups excluding carboxylic acids is 1. The van der Waals surface area contributed by atoms with Gasteiger partial charge in [-0.2, -0.15) is 0 Å². The Morgan fingerprint density at radius 1 is 1.28 bits per heavy atom. The number of aromatic nitrogens is 2. The van der Waals surface area contributed by atoms with Gasteiger partial charge in [0.1, 0.15) is 11.4 Å². The molecule has 1 aliphatic heterocycles. The van der Waals surface area contributed by atoms with Gasteiger partial charge in [-0.25, -0.2) is 4.98 Å². The fourth-order valence-corrected chi connectivity index (χ4v) is 5.02. The van der Waals surface area contributed by atoms with E-state index in [1.54, 1.807) is 4.90 Å². The first-order valence-corrected chi connectivity index (χ1v) is 9.39. The van der Waals surface area contributed by atoms with E-state index >= 15 is 0 Å². The van der Waals surface area contributed by atoms with E-state index < -0.39 is 11.9 Å². The van der Waals surface area contributed by atoms with Crippen molar-refractivity contribution in [3.05, 3.63) is 27.1 Å². The largest absolute Gasteiger partial charge is 0.481 e.